The van der Waals surface area contributed by atoms with E-state index < -0.39 is 41.7 Å². The lowest BCUT2D eigenvalue weighted by Gasteiger charge is -2.26. The number of hydrogen-bond acceptors (Lipinski definition) is 7. The number of ether oxygens (including phenoxy) is 2. The number of methoxy groups -OCH3 is 2. The molecule has 130 valence electrons. The van der Waals surface area contributed by atoms with E-state index in [0.717, 1.165) is 14.2 Å². The second-order valence-electron chi connectivity index (χ2n) is 4.91. The Balaban J connectivity index is 3.04. The quantitative estimate of drug-likeness (QED) is 0.519. The van der Waals surface area contributed by atoms with Gasteiger partial charge in [0.25, 0.3) is 5.91 Å². The summed E-state index contributed by atoms with van der Waals surface area (Å²) in [6.07, 6.45) is 2.75. The number of esters is 2. The lowest BCUT2D eigenvalue weighted by atomic mass is 9.87. The minimum atomic E-state index is -1.51. The average molecular weight is 338 g/mol. The summed E-state index contributed by atoms with van der Waals surface area (Å²) in [6.45, 7) is 1.34. The SMILES string of the molecule is COC(=O)C(C(=O)OC)[C@H](C)[C@@H](NC(=O)c1ccncc1)C(=O)O. The number of carbonyl (C=O) groups excluding carboxylic acids is 3. The molecule has 9 nitrogen and oxygen atoms in total. The van der Waals surface area contributed by atoms with Crippen LogP contribution >= 0.6 is 0 Å². The second-order valence-corrected chi connectivity index (χ2v) is 4.91. The maximum absolute atomic E-state index is 12.1. The van der Waals surface area contributed by atoms with Crippen LogP contribution in [0.1, 0.15) is 17.3 Å². The zero-order valence-electron chi connectivity index (χ0n) is 13.4. The third kappa shape index (κ3) is 4.51. The Hall–Kier alpha value is -2.97. The number of carbonyl (C=O) groups is 4. The smallest absolute Gasteiger partial charge is 0.326 e. The lowest BCUT2D eigenvalue weighted by Crippen LogP contribution is -2.50. The van der Waals surface area contributed by atoms with E-state index in [1.807, 2.05) is 0 Å². The number of nitrogens with zero attached hydrogens (tertiary/aromatic N) is 1. The van der Waals surface area contributed by atoms with E-state index in [0.29, 0.717) is 0 Å². The van der Waals surface area contributed by atoms with Crippen molar-refractivity contribution in [2.45, 2.75) is 13.0 Å². The Labute approximate surface area is 138 Å². The molecule has 2 N–H and O–H groups in total. The van der Waals surface area contributed by atoms with E-state index in [4.69, 9.17) is 0 Å². The number of hydrogen-bond donors (Lipinski definition) is 2. The van der Waals surface area contributed by atoms with E-state index in [9.17, 15) is 24.3 Å². The number of nitrogens with one attached hydrogen (secondary N) is 1. The molecule has 0 saturated carbocycles. The molecule has 0 radical (unpaired) electrons. The predicted molar refractivity (Wildman–Crippen MR) is 79.8 cm³/mol. The maximum atomic E-state index is 12.1. The van der Waals surface area contributed by atoms with Crippen LogP contribution in [0.2, 0.25) is 0 Å². The molecule has 1 aromatic rings. The summed E-state index contributed by atoms with van der Waals surface area (Å²) in [6, 6.07) is 1.29. The highest BCUT2D eigenvalue weighted by Crippen LogP contribution is 2.20. The first-order chi connectivity index (χ1) is 11.3. The third-order valence-corrected chi connectivity index (χ3v) is 3.46. The van der Waals surface area contributed by atoms with Crippen LogP contribution in [0.3, 0.4) is 0 Å². The molecule has 0 fully saturated rings. The van der Waals surface area contributed by atoms with Crippen molar-refractivity contribution in [3.8, 4) is 0 Å². The highest BCUT2D eigenvalue weighted by Gasteiger charge is 2.42. The average Bonchev–Trinajstić information content (AvgIpc) is 2.59. The molecule has 9 heteroatoms. The van der Waals surface area contributed by atoms with Crippen molar-refractivity contribution in [1.29, 1.82) is 0 Å². The Bertz CT molecular complexity index is 602. The zero-order valence-corrected chi connectivity index (χ0v) is 13.4. The molecule has 1 amide bonds. The van der Waals surface area contributed by atoms with Gasteiger partial charge in [0.05, 0.1) is 14.2 Å². The number of amides is 1. The highest BCUT2D eigenvalue weighted by molar-refractivity contribution is 5.98. The largest absolute Gasteiger partial charge is 0.480 e. The van der Waals surface area contributed by atoms with Crippen molar-refractivity contribution in [1.82, 2.24) is 10.3 Å². The lowest BCUT2D eigenvalue weighted by molar-refractivity contribution is -0.162. The van der Waals surface area contributed by atoms with E-state index in [2.05, 4.69) is 19.8 Å². The van der Waals surface area contributed by atoms with Gasteiger partial charge in [0.2, 0.25) is 0 Å². The molecule has 2 atom stereocenters. The molecular formula is C15H18N2O7. The number of carboxylic acid groups (broad SMARTS) is 1. The van der Waals surface area contributed by atoms with Crippen molar-refractivity contribution in [3.63, 3.8) is 0 Å². The van der Waals surface area contributed by atoms with Gasteiger partial charge in [-0.25, -0.2) is 4.79 Å². The number of aliphatic carboxylic acids is 1. The first-order valence-electron chi connectivity index (χ1n) is 6.92. The minimum Gasteiger partial charge on any atom is -0.480 e. The minimum absolute atomic E-state index is 0.191. The first kappa shape index (κ1) is 19.1. The van der Waals surface area contributed by atoms with Crippen LogP contribution in [0.25, 0.3) is 0 Å². The van der Waals surface area contributed by atoms with Crippen molar-refractivity contribution in [3.05, 3.63) is 30.1 Å². The van der Waals surface area contributed by atoms with Gasteiger partial charge in [-0.2, -0.15) is 0 Å². The van der Waals surface area contributed by atoms with Crippen molar-refractivity contribution < 1.29 is 33.8 Å². The third-order valence-electron chi connectivity index (χ3n) is 3.46. The molecule has 0 unspecified atom stereocenters. The molecule has 0 saturated heterocycles. The van der Waals surface area contributed by atoms with Gasteiger partial charge in [0.15, 0.2) is 5.92 Å². The monoisotopic (exact) mass is 338 g/mol. The van der Waals surface area contributed by atoms with Crippen molar-refractivity contribution in [2.24, 2.45) is 11.8 Å². The second kappa shape index (κ2) is 8.61. The van der Waals surface area contributed by atoms with E-state index in [-0.39, 0.29) is 5.56 Å². The summed E-state index contributed by atoms with van der Waals surface area (Å²) in [4.78, 5) is 51.0. The fourth-order valence-electron chi connectivity index (χ4n) is 2.12. The Morgan fingerprint density at radius 1 is 1.08 bits per heavy atom. The molecule has 0 aliphatic carbocycles. The summed E-state index contributed by atoms with van der Waals surface area (Å²) < 4.78 is 9.04. The van der Waals surface area contributed by atoms with Gasteiger partial charge in [-0.15, -0.1) is 0 Å². The summed E-state index contributed by atoms with van der Waals surface area (Å²) in [7, 11) is 2.13. The van der Waals surface area contributed by atoms with Crippen LogP contribution in [-0.4, -0.2) is 54.2 Å². The first-order valence-corrected chi connectivity index (χ1v) is 6.92. The van der Waals surface area contributed by atoms with Gasteiger partial charge in [-0.3, -0.25) is 19.4 Å². The molecule has 0 aliphatic rings. The molecule has 24 heavy (non-hydrogen) atoms. The topological polar surface area (TPSA) is 132 Å². The van der Waals surface area contributed by atoms with Crippen LogP contribution in [0, 0.1) is 11.8 Å². The van der Waals surface area contributed by atoms with Gasteiger partial charge in [0.1, 0.15) is 6.04 Å². The molecule has 1 rings (SSSR count). The molecule has 0 spiro atoms. The van der Waals surface area contributed by atoms with Gasteiger partial charge in [-0.05, 0) is 12.1 Å². The summed E-state index contributed by atoms with van der Waals surface area (Å²) in [5, 5.41) is 11.7. The Morgan fingerprint density at radius 2 is 1.58 bits per heavy atom. The van der Waals surface area contributed by atoms with Crippen LogP contribution in [-0.2, 0) is 23.9 Å². The van der Waals surface area contributed by atoms with Crippen LogP contribution in [0.4, 0.5) is 0 Å². The summed E-state index contributed by atoms with van der Waals surface area (Å²) >= 11 is 0. The summed E-state index contributed by atoms with van der Waals surface area (Å²) in [5.74, 6) is -6.56. The Kier molecular flexibility index (Phi) is 6.84. The molecule has 0 aliphatic heterocycles. The molecule has 1 heterocycles. The van der Waals surface area contributed by atoms with Crippen LogP contribution in [0.5, 0.6) is 0 Å². The predicted octanol–water partition coefficient (Wildman–Crippen LogP) is -0.137. The van der Waals surface area contributed by atoms with Crippen LogP contribution < -0.4 is 5.32 Å². The van der Waals surface area contributed by atoms with Gasteiger partial charge < -0.3 is 19.9 Å². The fraction of sp³-hybridized carbons (Fsp3) is 0.400. The van der Waals surface area contributed by atoms with Crippen molar-refractivity contribution in [2.75, 3.05) is 14.2 Å². The number of pyridine rings is 1. The van der Waals surface area contributed by atoms with E-state index >= 15 is 0 Å². The van der Waals surface area contributed by atoms with Crippen molar-refractivity contribution >= 4 is 23.8 Å². The number of rotatable bonds is 7. The van der Waals surface area contributed by atoms with Gasteiger partial charge in [-0.1, -0.05) is 6.92 Å². The normalized spacial score (nSPS) is 12.8. The maximum Gasteiger partial charge on any atom is 0.326 e. The van der Waals surface area contributed by atoms with Crippen LogP contribution in [0.15, 0.2) is 24.5 Å². The van der Waals surface area contributed by atoms with E-state index in [1.165, 1.54) is 31.5 Å². The number of aromatic nitrogens is 1. The van der Waals surface area contributed by atoms with E-state index in [1.54, 1.807) is 0 Å². The molecule has 1 aromatic heterocycles. The molecule has 0 aromatic carbocycles. The standard InChI is InChI=1S/C15H18N2O7/c1-8(10(14(21)23-2)15(22)24-3)11(13(19)20)17-12(18)9-4-6-16-7-5-9/h4-8,10-11H,1-3H3,(H,17,18)(H,19,20)/t8-,11+/m0/s1. The number of carboxylic acids is 1. The van der Waals surface area contributed by atoms with Gasteiger partial charge >= 0.3 is 17.9 Å². The summed E-state index contributed by atoms with van der Waals surface area (Å²) in [5.41, 5.74) is 0.191. The Morgan fingerprint density at radius 3 is 2.00 bits per heavy atom. The molecular weight excluding hydrogens is 320 g/mol. The zero-order chi connectivity index (χ0) is 18.3. The molecule has 0 bridgehead atoms. The highest BCUT2D eigenvalue weighted by atomic mass is 16.5. The van der Waals surface area contributed by atoms with Gasteiger partial charge in [0, 0.05) is 23.9 Å². The fourth-order valence-corrected chi connectivity index (χ4v) is 2.12.